The first-order chi connectivity index (χ1) is 8.51. The van der Waals surface area contributed by atoms with Crippen molar-refractivity contribution in [3.05, 3.63) is 35.6 Å². The third-order valence-electron chi connectivity index (χ3n) is 3.64. The van der Waals surface area contributed by atoms with E-state index in [1.165, 1.54) is 12.1 Å². The molecule has 4 heteroatoms. The molecular weight excluding hydrogens is 231 g/mol. The van der Waals surface area contributed by atoms with Crippen molar-refractivity contribution < 1.29 is 9.18 Å². The maximum atomic E-state index is 13.1. The fourth-order valence-corrected chi connectivity index (χ4v) is 2.43. The first-order valence-electron chi connectivity index (χ1n) is 6.36. The van der Waals surface area contributed by atoms with Crippen molar-refractivity contribution in [3.63, 3.8) is 0 Å². The number of nitrogens with one attached hydrogen (secondary N) is 1. The molecule has 1 aliphatic carbocycles. The van der Waals surface area contributed by atoms with Gasteiger partial charge in [-0.15, -0.1) is 0 Å². The molecule has 3 N–H and O–H groups in total. The normalized spacial score (nSPS) is 19.5. The van der Waals surface area contributed by atoms with Gasteiger partial charge in [0, 0.05) is 0 Å². The molecule has 1 saturated carbocycles. The quantitative estimate of drug-likeness (QED) is 0.864. The lowest BCUT2D eigenvalue weighted by atomic mass is 9.97. The highest BCUT2D eigenvalue weighted by Crippen LogP contribution is 2.28. The molecule has 98 valence electrons. The number of nitrogens with two attached hydrogens (primary N) is 1. The molecule has 3 nitrogen and oxygen atoms in total. The molecule has 1 aromatic carbocycles. The van der Waals surface area contributed by atoms with Crippen molar-refractivity contribution in [2.45, 2.75) is 44.2 Å². The van der Waals surface area contributed by atoms with Crippen LogP contribution < -0.4 is 11.1 Å². The van der Waals surface area contributed by atoms with E-state index in [1.54, 1.807) is 12.1 Å². The van der Waals surface area contributed by atoms with Gasteiger partial charge in [0.05, 0.1) is 11.6 Å². The molecule has 0 heterocycles. The SMILES string of the molecule is C[C@@H](NC(=O)C1(N)CCCC1)c1cccc(F)c1. The highest BCUT2D eigenvalue weighted by Gasteiger charge is 2.37. The fraction of sp³-hybridized carbons (Fsp3) is 0.500. The maximum absolute atomic E-state index is 13.1. The Labute approximate surface area is 107 Å². The van der Waals surface area contributed by atoms with E-state index in [-0.39, 0.29) is 17.8 Å². The Hall–Kier alpha value is -1.42. The largest absolute Gasteiger partial charge is 0.348 e. The second-order valence-corrected chi connectivity index (χ2v) is 5.11. The summed E-state index contributed by atoms with van der Waals surface area (Å²) >= 11 is 0. The Morgan fingerprint density at radius 1 is 1.44 bits per heavy atom. The average molecular weight is 250 g/mol. The maximum Gasteiger partial charge on any atom is 0.240 e. The highest BCUT2D eigenvalue weighted by atomic mass is 19.1. The van der Waals surface area contributed by atoms with Gasteiger partial charge in [-0.1, -0.05) is 25.0 Å². The van der Waals surface area contributed by atoms with Crippen LogP contribution in [0, 0.1) is 5.82 Å². The highest BCUT2D eigenvalue weighted by molar-refractivity contribution is 5.86. The van der Waals surface area contributed by atoms with Crippen LogP contribution in [0.25, 0.3) is 0 Å². The zero-order valence-corrected chi connectivity index (χ0v) is 10.6. The van der Waals surface area contributed by atoms with Gasteiger partial charge in [0.2, 0.25) is 5.91 Å². The predicted molar refractivity (Wildman–Crippen MR) is 68.3 cm³/mol. The van der Waals surface area contributed by atoms with Gasteiger partial charge in [-0.2, -0.15) is 0 Å². The second-order valence-electron chi connectivity index (χ2n) is 5.11. The monoisotopic (exact) mass is 250 g/mol. The van der Waals surface area contributed by atoms with Crippen LogP contribution >= 0.6 is 0 Å². The minimum absolute atomic E-state index is 0.128. The third kappa shape index (κ3) is 2.70. The van der Waals surface area contributed by atoms with Crippen LogP contribution in [0.15, 0.2) is 24.3 Å². The average Bonchev–Trinajstić information content (AvgIpc) is 2.77. The van der Waals surface area contributed by atoms with Crippen molar-refractivity contribution in [3.8, 4) is 0 Å². The molecule has 0 bridgehead atoms. The van der Waals surface area contributed by atoms with Gasteiger partial charge in [-0.25, -0.2) is 4.39 Å². The van der Waals surface area contributed by atoms with Gasteiger partial charge < -0.3 is 11.1 Å². The smallest absolute Gasteiger partial charge is 0.240 e. The zero-order chi connectivity index (χ0) is 13.2. The van der Waals surface area contributed by atoms with E-state index >= 15 is 0 Å². The summed E-state index contributed by atoms with van der Waals surface area (Å²) in [4.78, 5) is 12.1. The van der Waals surface area contributed by atoms with E-state index < -0.39 is 5.54 Å². The molecule has 0 aromatic heterocycles. The summed E-state index contributed by atoms with van der Waals surface area (Å²) in [5, 5.41) is 2.88. The van der Waals surface area contributed by atoms with Gasteiger partial charge in [0.25, 0.3) is 0 Å². The number of amides is 1. The molecule has 1 aliphatic rings. The number of hydrogen-bond donors (Lipinski definition) is 2. The van der Waals surface area contributed by atoms with Gasteiger partial charge >= 0.3 is 0 Å². The summed E-state index contributed by atoms with van der Waals surface area (Å²) in [6.07, 6.45) is 3.46. The van der Waals surface area contributed by atoms with Crippen LogP contribution in [0.1, 0.15) is 44.2 Å². The molecular formula is C14H19FN2O. The Morgan fingerprint density at radius 2 is 2.11 bits per heavy atom. The number of benzene rings is 1. The minimum atomic E-state index is -0.735. The molecule has 0 aliphatic heterocycles. The molecule has 0 unspecified atom stereocenters. The molecule has 18 heavy (non-hydrogen) atoms. The molecule has 0 radical (unpaired) electrons. The Balaban J connectivity index is 2.03. The number of carbonyl (C=O) groups is 1. The second kappa shape index (κ2) is 5.06. The Bertz CT molecular complexity index is 441. The third-order valence-corrected chi connectivity index (χ3v) is 3.64. The topological polar surface area (TPSA) is 55.1 Å². The van der Waals surface area contributed by atoms with E-state index in [4.69, 9.17) is 5.73 Å². The summed E-state index contributed by atoms with van der Waals surface area (Å²) < 4.78 is 13.1. The van der Waals surface area contributed by atoms with Crippen LogP contribution in [-0.2, 0) is 4.79 Å². The molecule has 1 aromatic rings. The first-order valence-corrected chi connectivity index (χ1v) is 6.36. The molecule has 1 amide bonds. The van der Waals surface area contributed by atoms with Crippen molar-refractivity contribution >= 4 is 5.91 Å². The lowest BCUT2D eigenvalue weighted by Crippen LogP contribution is -2.52. The van der Waals surface area contributed by atoms with Crippen molar-refractivity contribution in [1.82, 2.24) is 5.32 Å². The molecule has 1 fully saturated rings. The summed E-state index contributed by atoms with van der Waals surface area (Å²) in [5.74, 6) is -0.423. The van der Waals surface area contributed by atoms with Crippen LogP contribution in [0.4, 0.5) is 4.39 Å². The summed E-state index contributed by atoms with van der Waals surface area (Å²) in [7, 11) is 0. The van der Waals surface area contributed by atoms with Crippen molar-refractivity contribution in [2.75, 3.05) is 0 Å². The fourth-order valence-electron chi connectivity index (χ4n) is 2.43. The molecule has 1 atom stereocenters. The standard InChI is InChI=1S/C14H19FN2O/c1-10(11-5-4-6-12(15)9-11)17-13(18)14(16)7-2-3-8-14/h4-6,9-10H,2-3,7-8,16H2,1H3,(H,17,18)/t10-/m1/s1. The first kappa shape index (κ1) is 13.0. The summed E-state index contributed by atoms with van der Waals surface area (Å²) in [6, 6.07) is 6.03. The van der Waals surface area contributed by atoms with E-state index in [1.807, 2.05) is 6.92 Å². The van der Waals surface area contributed by atoms with E-state index in [0.717, 1.165) is 31.2 Å². The van der Waals surface area contributed by atoms with Gasteiger partial charge in [0.15, 0.2) is 0 Å². The number of carbonyl (C=O) groups excluding carboxylic acids is 1. The van der Waals surface area contributed by atoms with Crippen LogP contribution in [0.3, 0.4) is 0 Å². The van der Waals surface area contributed by atoms with Crippen molar-refractivity contribution in [1.29, 1.82) is 0 Å². The van der Waals surface area contributed by atoms with Crippen LogP contribution in [0.5, 0.6) is 0 Å². The minimum Gasteiger partial charge on any atom is -0.348 e. The number of rotatable bonds is 3. The summed E-state index contributed by atoms with van der Waals surface area (Å²) in [6.45, 7) is 1.84. The predicted octanol–water partition coefficient (Wildman–Crippen LogP) is 2.27. The van der Waals surface area contributed by atoms with Gasteiger partial charge in [-0.05, 0) is 37.5 Å². The van der Waals surface area contributed by atoms with Gasteiger partial charge in [0.1, 0.15) is 5.82 Å². The van der Waals surface area contributed by atoms with Crippen molar-refractivity contribution in [2.24, 2.45) is 5.73 Å². The zero-order valence-electron chi connectivity index (χ0n) is 10.6. The number of hydrogen-bond acceptors (Lipinski definition) is 2. The van der Waals surface area contributed by atoms with Crippen LogP contribution in [0.2, 0.25) is 0 Å². The van der Waals surface area contributed by atoms with Crippen LogP contribution in [-0.4, -0.2) is 11.4 Å². The van der Waals surface area contributed by atoms with Gasteiger partial charge in [-0.3, -0.25) is 4.79 Å². The number of halogens is 1. The Morgan fingerprint density at radius 3 is 2.72 bits per heavy atom. The summed E-state index contributed by atoms with van der Waals surface area (Å²) in [5.41, 5.74) is 6.09. The molecule has 0 spiro atoms. The lowest BCUT2D eigenvalue weighted by Gasteiger charge is -2.25. The molecule has 2 rings (SSSR count). The van der Waals surface area contributed by atoms with E-state index in [0.29, 0.717) is 0 Å². The van der Waals surface area contributed by atoms with E-state index in [9.17, 15) is 9.18 Å². The lowest BCUT2D eigenvalue weighted by molar-refractivity contribution is -0.126. The Kier molecular flexibility index (Phi) is 3.66. The molecule has 0 saturated heterocycles. The van der Waals surface area contributed by atoms with E-state index in [2.05, 4.69) is 5.32 Å².